The number of hydrogen-bond donors (Lipinski definition) is 2. The van der Waals surface area contributed by atoms with Gasteiger partial charge in [0.05, 0.1) is 19.4 Å². The van der Waals surface area contributed by atoms with Crippen LogP contribution in [0.5, 0.6) is 0 Å². The third-order valence-electron chi connectivity index (χ3n) is 3.05. The minimum atomic E-state index is -0.287. The molecule has 1 fully saturated rings. The zero-order chi connectivity index (χ0) is 14.9. The standard InChI is InChI=1S/C14H19FN4OS/c15-13-3-1-2-12(10-13)11-17-18-14(21)16-4-5-19-6-8-20-9-7-19/h1-3,10-11H,4-9H2,(H2,16,18,21)/b17-11+. The van der Waals surface area contributed by atoms with E-state index >= 15 is 0 Å². The Hall–Kier alpha value is -1.57. The molecule has 7 heteroatoms. The van der Waals surface area contributed by atoms with Crippen LogP contribution in [-0.2, 0) is 4.74 Å². The predicted molar refractivity (Wildman–Crippen MR) is 85.0 cm³/mol. The summed E-state index contributed by atoms with van der Waals surface area (Å²) in [6.45, 7) is 5.17. The summed E-state index contributed by atoms with van der Waals surface area (Å²) in [5.41, 5.74) is 3.39. The van der Waals surface area contributed by atoms with Crippen molar-refractivity contribution in [2.24, 2.45) is 5.10 Å². The van der Waals surface area contributed by atoms with Gasteiger partial charge in [0.15, 0.2) is 5.11 Å². The molecule has 1 aromatic carbocycles. The van der Waals surface area contributed by atoms with E-state index in [1.54, 1.807) is 12.1 Å². The predicted octanol–water partition coefficient (Wildman–Crippen LogP) is 0.956. The van der Waals surface area contributed by atoms with Crippen molar-refractivity contribution in [2.75, 3.05) is 39.4 Å². The van der Waals surface area contributed by atoms with Crippen molar-refractivity contribution >= 4 is 23.5 Å². The lowest BCUT2D eigenvalue weighted by Crippen LogP contribution is -2.42. The lowest BCUT2D eigenvalue weighted by Gasteiger charge is -2.26. The first-order valence-corrected chi connectivity index (χ1v) is 7.27. The summed E-state index contributed by atoms with van der Waals surface area (Å²) in [6, 6.07) is 6.20. The molecule has 0 aliphatic carbocycles. The van der Waals surface area contributed by atoms with Gasteiger partial charge in [-0.05, 0) is 29.9 Å². The summed E-state index contributed by atoms with van der Waals surface area (Å²) in [7, 11) is 0. The summed E-state index contributed by atoms with van der Waals surface area (Å²) in [5.74, 6) is -0.287. The zero-order valence-corrected chi connectivity index (χ0v) is 12.5. The second-order valence-corrected chi connectivity index (χ2v) is 5.04. The lowest BCUT2D eigenvalue weighted by molar-refractivity contribution is 0.0389. The van der Waals surface area contributed by atoms with E-state index in [2.05, 4.69) is 20.7 Å². The van der Waals surface area contributed by atoms with Gasteiger partial charge in [0, 0.05) is 26.2 Å². The number of nitrogens with zero attached hydrogens (tertiary/aromatic N) is 2. The van der Waals surface area contributed by atoms with Crippen molar-refractivity contribution in [1.82, 2.24) is 15.6 Å². The third kappa shape index (κ3) is 6.16. The van der Waals surface area contributed by atoms with Gasteiger partial charge in [0.25, 0.3) is 0 Å². The molecule has 0 bridgehead atoms. The molecule has 0 unspecified atom stereocenters. The highest BCUT2D eigenvalue weighted by Crippen LogP contribution is 2.00. The van der Waals surface area contributed by atoms with Crippen LogP contribution in [0.3, 0.4) is 0 Å². The van der Waals surface area contributed by atoms with Crippen LogP contribution < -0.4 is 10.7 Å². The van der Waals surface area contributed by atoms with E-state index in [0.717, 1.165) is 39.4 Å². The maximum absolute atomic E-state index is 13.0. The summed E-state index contributed by atoms with van der Waals surface area (Å²) in [6.07, 6.45) is 1.53. The number of rotatable bonds is 5. The molecule has 0 amide bonds. The van der Waals surface area contributed by atoms with E-state index in [1.165, 1.54) is 18.3 Å². The molecule has 1 aliphatic rings. The van der Waals surface area contributed by atoms with Gasteiger partial charge < -0.3 is 10.1 Å². The summed E-state index contributed by atoms with van der Waals surface area (Å²) < 4.78 is 18.2. The molecular formula is C14H19FN4OS. The van der Waals surface area contributed by atoms with E-state index < -0.39 is 0 Å². The molecule has 114 valence electrons. The molecule has 1 heterocycles. The van der Waals surface area contributed by atoms with Crippen molar-refractivity contribution in [1.29, 1.82) is 0 Å². The number of hydrazone groups is 1. The van der Waals surface area contributed by atoms with Crippen molar-refractivity contribution in [3.63, 3.8) is 0 Å². The number of thiocarbonyl (C=S) groups is 1. The van der Waals surface area contributed by atoms with Gasteiger partial charge in [-0.3, -0.25) is 10.3 Å². The van der Waals surface area contributed by atoms with Crippen LogP contribution in [-0.4, -0.2) is 55.6 Å². The summed E-state index contributed by atoms with van der Waals surface area (Å²) in [5, 5.41) is 7.50. The van der Waals surface area contributed by atoms with E-state index in [1.807, 2.05) is 0 Å². The minimum absolute atomic E-state index is 0.287. The Kier molecular flexibility index (Phi) is 6.52. The lowest BCUT2D eigenvalue weighted by atomic mass is 10.2. The van der Waals surface area contributed by atoms with Crippen molar-refractivity contribution in [3.8, 4) is 0 Å². The molecule has 0 aromatic heterocycles. The molecular weight excluding hydrogens is 291 g/mol. The highest BCUT2D eigenvalue weighted by Gasteiger charge is 2.09. The quantitative estimate of drug-likeness (QED) is 0.482. The van der Waals surface area contributed by atoms with Crippen molar-refractivity contribution in [3.05, 3.63) is 35.6 Å². The maximum Gasteiger partial charge on any atom is 0.187 e. The Morgan fingerprint density at radius 3 is 3.00 bits per heavy atom. The Labute approximate surface area is 129 Å². The Bertz CT molecular complexity index is 492. The fourth-order valence-electron chi connectivity index (χ4n) is 1.94. The fourth-order valence-corrected chi connectivity index (χ4v) is 2.10. The van der Waals surface area contributed by atoms with E-state index in [4.69, 9.17) is 17.0 Å². The van der Waals surface area contributed by atoms with Gasteiger partial charge in [0.1, 0.15) is 5.82 Å². The number of morpholine rings is 1. The largest absolute Gasteiger partial charge is 0.379 e. The van der Waals surface area contributed by atoms with E-state index in [9.17, 15) is 4.39 Å². The molecule has 0 spiro atoms. The van der Waals surface area contributed by atoms with Gasteiger partial charge in [0.2, 0.25) is 0 Å². The molecule has 0 radical (unpaired) electrons. The number of ether oxygens (including phenoxy) is 1. The molecule has 5 nitrogen and oxygen atoms in total. The summed E-state index contributed by atoms with van der Waals surface area (Å²) in [4.78, 5) is 2.31. The summed E-state index contributed by atoms with van der Waals surface area (Å²) >= 11 is 5.11. The number of halogens is 1. The molecule has 2 N–H and O–H groups in total. The Morgan fingerprint density at radius 1 is 1.43 bits per heavy atom. The smallest absolute Gasteiger partial charge is 0.187 e. The van der Waals surface area contributed by atoms with Gasteiger partial charge in [-0.1, -0.05) is 12.1 Å². The molecule has 21 heavy (non-hydrogen) atoms. The highest BCUT2D eigenvalue weighted by molar-refractivity contribution is 7.80. The van der Waals surface area contributed by atoms with Crippen molar-refractivity contribution in [2.45, 2.75) is 0 Å². The monoisotopic (exact) mass is 310 g/mol. The average molecular weight is 310 g/mol. The van der Waals surface area contributed by atoms with Crippen LogP contribution in [0.2, 0.25) is 0 Å². The van der Waals surface area contributed by atoms with E-state index in [0.29, 0.717) is 10.7 Å². The maximum atomic E-state index is 13.0. The third-order valence-corrected chi connectivity index (χ3v) is 3.28. The molecule has 0 atom stereocenters. The second kappa shape index (κ2) is 8.66. The van der Waals surface area contributed by atoms with Crippen LogP contribution >= 0.6 is 12.2 Å². The first kappa shape index (κ1) is 15.8. The van der Waals surface area contributed by atoms with E-state index in [-0.39, 0.29) is 5.82 Å². The van der Waals surface area contributed by atoms with Gasteiger partial charge >= 0.3 is 0 Å². The SMILES string of the molecule is Fc1cccc(/C=N/NC(=S)NCCN2CCOCC2)c1. The van der Waals surface area contributed by atoms with Gasteiger partial charge in [-0.25, -0.2) is 4.39 Å². The van der Waals surface area contributed by atoms with Gasteiger partial charge in [-0.15, -0.1) is 0 Å². The molecule has 0 saturated carbocycles. The molecule has 1 aromatic rings. The number of benzene rings is 1. The van der Waals surface area contributed by atoms with Crippen LogP contribution in [0.25, 0.3) is 0 Å². The zero-order valence-electron chi connectivity index (χ0n) is 11.7. The fraction of sp³-hybridized carbons (Fsp3) is 0.429. The van der Waals surface area contributed by atoms with Crippen LogP contribution in [0.15, 0.2) is 29.4 Å². The average Bonchev–Trinajstić information content (AvgIpc) is 2.48. The number of hydrogen-bond acceptors (Lipinski definition) is 4. The van der Waals surface area contributed by atoms with Gasteiger partial charge in [-0.2, -0.15) is 5.10 Å². The first-order chi connectivity index (χ1) is 10.2. The first-order valence-electron chi connectivity index (χ1n) is 6.86. The normalized spacial score (nSPS) is 16.0. The Morgan fingerprint density at radius 2 is 2.24 bits per heavy atom. The van der Waals surface area contributed by atoms with Crippen LogP contribution in [0.1, 0.15) is 5.56 Å². The van der Waals surface area contributed by atoms with Crippen molar-refractivity contribution < 1.29 is 9.13 Å². The molecule has 1 aliphatic heterocycles. The Balaban J connectivity index is 1.63. The highest BCUT2D eigenvalue weighted by atomic mass is 32.1. The molecule has 1 saturated heterocycles. The molecule has 2 rings (SSSR count). The van der Waals surface area contributed by atoms with Crippen LogP contribution in [0, 0.1) is 5.82 Å². The number of nitrogens with one attached hydrogen (secondary N) is 2. The second-order valence-electron chi connectivity index (χ2n) is 4.63. The minimum Gasteiger partial charge on any atom is -0.379 e. The topological polar surface area (TPSA) is 48.9 Å². The van der Waals surface area contributed by atoms with Crippen LogP contribution in [0.4, 0.5) is 4.39 Å².